The number of carbonyl (C=O) groups is 1. The van der Waals surface area contributed by atoms with Crippen molar-refractivity contribution >= 4 is 35.0 Å². The number of nitriles is 1. The smallest absolute Gasteiger partial charge is 0.338 e. The zero-order valence-electron chi connectivity index (χ0n) is 23.8. The lowest BCUT2D eigenvalue weighted by molar-refractivity contribution is -0.136. The predicted octanol–water partition coefficient (Wildman–Crippen LogP) is 5.30. The molecule has 43 heavy (non-hydrogen) atoms. The third-order valence-electron chi connectivity index (χ3n) is 6.86. The molecule has 10 heteroatoms. The number of rotatable bonds is 9. The maximum atomic E-state index is 13.9. The number of hydrogen-bond acceptors (Lipinski definition) is 8. The Bertz CT molecular complexity index is 1920. The standard InChI is InChI=1S/C33H28ClN3O5S/c1-4-25-28(32(39)40-3)29(23-9-7-6-8-10-23)37-31(38)27(43-33(37)36-25)17-22-15-24(34)30(26(16-22)41-5-2)42-19-21-13-11-20(18-35)12-14-21/h6-17,29H,4-5,19H2,1-3H3/b27-17+/t29-/m1/s1. The van der Waals surface area contributed by atoms with Crippen LogP contribution in [0.25, 0.3) is 6.08 Å². The van der Waals surface area contributed by atoms with E-state index in [1.54, 1.807) is 34.9 Å². The highest BCUT2D eigenvalue weighted by atomic mass is 35.5. The molecule has 0 spiro atoms. The molecule has 0 radical (unpaired) electrons. The fraction of sp³-hybridized carbons (Fsp3) is 0.212. The van der Waals surface area contributed by atoms with Gasteiger partial charge in [-0.15, -0.1) is 0 Å². The summed E-state index contributed by atoms with van der Waals surface area (Å²) in [5.74, 6) is 0.297. The molecule has 4 aromatic rings. The second-order valence-electron chi connectivity index (χ2n) is 9.56. The summed E-state index contributed by atoms with van der Waals surface area (Å²) in [5.41, 5.74) is 3.50. The number of halogens is 1. The van der Waals surface area contributed by atoms with Gasteiger partial charge in [-0.1, -0.05) is 72.3 Å². The van der Waals surface area contributed by atoms with Crippen molar-refractivity contribution in [3.05, 3.63) is 125 Å². The molecule has 5 rings (SSSR count). The highest BCUT2D eigenvalue weighted by Crippen LogP contribution is 2.38. The molecule has 8 nitrogen and oxygen atoms in total. The van der Waals surface area contributed by atoms with Crippen LogP contribution in [0.2, 0.25) is 5.02 Å². The van der Waals surface area contributed by atoms with E-state index in [2.05, 4.69) is 6.07 Å². The molecule has 0 saturated carbocycles. The molecule has 0 bridgehead atoms. The van der Waals surface area contributed by atoms with Crippen molar-refractivity contribution in [2.75, 3.05) is 13.7 Å². The first kappa shape index (κ1) is 29.8. The second kappa shape index (κ2) is 13.1. The lowest BCUT2D eigenvalue weighted by Gasteiger charge is -2.25. The number of methoxy groups -OCH3 is 1. The van der Waals surface area contributed by atoms with Crippen molar-refractivity contribution in [3.63, 3.8) is 0 Å². The molecule has 3 aromatic carbocycles. The Morgan fingerprint density at radius 2 is 1.86 bits per heavy atom. The SMILES string of the molecule is CCOc1cc(/C=c2/sc3n(c2=O)[C@H](c2ccccc2)C(C(=O)OC)=C(CC)N=3)cc(Cl)c1OCc1ccc(C#N)cc1. The van der Waals surface area contributed by atoms with Gasteiger partial charge >= 0.3 is 5.97 Å². The van der Waals surface area contributed by atoms with Gasteiger partial charge in [0.2, 0.25) is 0 Å². The minimum atomic E-state index is -0.678. The van der Waals surface area contributed by atoms with Crippen LogP contribution in [0.15, 0.2) is 87.8 Å². The van der Waals surface area contributed by atoms with Crippen LogP contribution in [-0.4, -0.2) is 24.3 Å². The molecule has 1 aromatic heterocycles. The normalized spacial score (nSPS) is 14.5. The first-order valence-electron chi connectivity index (χ1n) is 13.6. The largest absolute Gasteiger partial charge is 0.490 e. The number of nitrogens with zero attached hydrogens (tertiary/aromatic N) is 3. The molecule has 0 aliphatic carbocycles. The first-order chi connectivity index (χ1) is 20.9. The number of thiazole rings is 1. The summed E-state index contributed by atoms with van der Waals surface area (Å²) in [7, 11) is 1.33. The van der Waals surface area contributed by atoms with Crippen LogP contribution in [-0.2, 0) is 16.1 Å². The number of esters is 1. The molecular formula is C33H28ClN3O5S. The van der Waals surface area contributed by atoms with Crippen molar-refractivity contribution in [2.24, 2.45) is 4.99 Å². The van der Waals surface area contributed by atoms with E-state index in [1.807, 2.05) is 56.3 Å². The van der Waals surface area contributed by atoms with E-state index in [9.17, 15) is 9.59 Å². The summed E-state index contributed by atoms with van der Waals surface area (Å²) >= 11 is 7.92. The summed E-state index contributed by atoms with van der Waals surface area (Å²) in [4.78, 5) is 32.1. The Morgan fingerprint density at radius 1 is 1.12 bits per heavy atom. The van der Waals surface area contributed by atoms with Gasteiger partial charge in [0.15, 0.2) is 16.3 Å². The Morgan fingerprint density at radius 3 is 2.51 bits per heavy atom. The summed E-state index contributed by atoms with van der Waals surface area (Å²) < 4.78 is 19.0. The van der Waals surface area contributed by atoms with Gasteiger partial charge in [-0.2, -0.15) is 5.26 Å². The molecule has 1 atom stereocenters. The number of ether oxygens (including phenoxy) is 3. The predicted molar refractivity (Wildman–Crippen MR) is 165 cm³/mol. The second-order valence-corrected chi connectivity index (χ2v) is 11.0. The molecule has 0 fully saturated rings. The van der Waals surface area contributed by atoms with Gasteiger partial charge in [0.25, 0.3) is 5.56 Å². The van der Waals surface area contributed by atoms with E-state index in [-0.39, 0.29) is 12.2 Å². The fourth-order valence-corrected chi connectivity index (χ4v) is 6.17. The number of benzene rings is 3. The van der Waals surface area contributed by atoms with Crippen LogP contribution in [0.1, 0.15) is 48.6 Å². The maximum Gasteiger partial charge on any atom is 0.338 e. The molecule has 1 aliphatic rings. The van der Waals surface area contributed by atoms with Crippen LogP contribution in [0.4, 0.5) is 0 Å². The van der Waals surface area contributed by atoms with Crippen LogP contribution in [0, 0.1) is 11.3 Å². The van der Waals surface area contributed by atoms with E-state index in [0.717, 1.165) is 11.1 Å². The summed E-state index contributed by atoms with van der Waals surface area (Å²) in [6.45, 7) is 4.38. The van der Waals surface area contributed by atoms with Crippen LogP contribution in [0.5, 0.6) is 11.5 Å². The minimum Gasteiger partial charge on any atom is -0.490 e. The van der Waals surface area contributed by atoms with Gasteiger partial charge in [-0.3, -0.25) is 9.36 Å². The quantitative estimate of drug-likeness (QED) is 0.237. The number of carbonyl (C=O) groups excluding carboxylic acids is 1. The van der Waals surface area contributed by atoms with Crippen molar-refractivity contribution in [3.8, 4) is 17.6 Å². The molecule has 218 valence electrons. The molecule has 0 unspecified atom stereocenters. The highest BCUT2D eigenvalue weighted by Gasteiger charge is 2.33. The van der Waals surface area contributed by atoms with Gasteiger partial charge in [0.1, 0.15) is 6.61 Å². The molecular weight excluding hydrogens is 586 g/mol. The van der Waals surface area contributed by atoms with Crippen LogP contribution < -0.4 is 24.4 Å². The van der Waals surface area contributed by atoms with Crippen LogP contribution in [0.3, 0.4) is 0 Å². The number of allylic oxidation sites excluding steroid dienone is 1. The molecule has 1 aliphatic heterocycles. The van der Waals surface area contributed by atoms with Gasteiger partial charge < -0.3 is 14.2 Å². The monoisotopic (exact) mass is 613 g/mol. The maximum absolute atomic E-state index is 13.9. The average molecular weight is 614 g/mol. The average Bonchev–Trinajstić information content (AvgIpc) is 3.34. The zero-order valence-corrected chi connectivity index (χ0v) is 25.4. The van der Waals surface area contributed by atoms with Gasteiger partial charge in [-0.05, 0) is 60.4 Å². The van der Waals surface area contributed by atoms with Crippen molar-refractivity contribution in [1.82, 2.24) is 4.57 Å². The van der Waals surface area contributed by atoms with E-state index in [1.165, 1.54) is 18.4 Å². The van der Waals surface area contributed by atoms with Crippen molar-refractivity contribution in [1.29, 1.82) is 5.26 Å². The summed E-state index contributed by atoms with van der Waals surface area (Å²) in [6.07, 6.45) is 2.23. The van der Waals surface area contributed by atoms with Crippen molar-refractivity contribution < 1.29 is 19.0 Å². The molecule has 2 heterocycles. The van der Waals surface area contributed by atoms with E-state index < -0.39 is 12.0 Å². The Labute approximate surface area is 257 Å². The topological polar surface area (TPSA) is 103 Å². The Kier molecular flexibility index (Phi) is 9.10. The van der Waals surface area contributed by atoms with Gasteiger partial charge in [-0.25, -0.2) is 9.79 Å². The van der Waals surface area contributed by atoms with Crippen LogP contribution >= 0.6 is 22.9 Å². The van der Waals surface area contributed by atoms with E-state index in [4.69, 9.17) is 36.1 Å². The van der Waals surface area contributed by atoms with E-state index in [0.29, 0.717) is 61.3 Å². The summed E-state index contributed by atoms with van der Waals surface area (Å²) in [6, 6.07) is 21.4. The fourth-order valence-electron chi connectivity index (χ4n) is 4.87. The van der Waals surface area contributed by atoms with E-state index >= 15 is 0 Å². The molecule has 0 amide bonds. The van der Waals surface area contributed by atoms with Gasteiger partial charge in [0.05, 0.1) is 52.2 Å². The lowest BCUT2D eigenvalue weighted by Crippen LogP contribution is -2.40. The number of hydrogen-bond donors (Lipinski definition) is 0. The zero-order chi connectivity index (χ0) is 30.5. The Hall–Kier alpha value is -4.65. The third kappa shape index (κ3) is 6.12. The van der Waals surface area contributed by atoms with Crippen molar-refractivity contribution in [2.45, 2.75) is 32.9 Å². The number of fused-ring (bicyclic) bond motifs is 1. The first-order valence-corrected chi connectivity index (χ1v) is 14.8. The lowest BCUT2D eigenvalue weighted by atomic mass is 9.95. The molecule has 0 N–H and O–H groups in total. The highest BCUT2D eigenvalue weighted by molar-refractivity contribution is 7.07. The number of aromatic nitrogens is 1. The Balaban J connectivity index is 1.57. The molecule has 0 saturated heterocycles. The minimum absolute atomic E-state index is 0.227. The summed E-state index contributed by atoms with van der Waals surface area (Å²) in [5, 5.41) is 9.35. The van der Waals surface area contributed by atoms with Gasteiger partial charge in [0, 0.05) is 0 Å². The third-order valence-corrected chi connectivity index (χ3v) is 8.12.